The van der Waals surface area contributed by atoms with Gasteiger partial charge in [0.1, 0.15) is 0 Å². The first-order valence-corrected chi connectivity index (χ1v) is 11.1. The molecule has 1 heterocycles. The van der Waals surface area contributed by atoms with Crippen LogP contribution in [0.5, 0.6) is 0 Å². The van der Waals surface area contributed by atoms with Gasteiger partial charge >= 0.3 is 0 Å². The zero-order valence-electron chi connectivity index (χ0n) is 18.4. The highest BCUT2D eigenvalue weighted by Gasteiger charge is 2.20. The zero-order chi connectivity index (χ0) is 22.1. The van der Waals surface area contributed by atoms with Gasteiger partial charge in [-0.2, -0.15) is 0 Å². The van der Waals surface area contributed by atoms with Crippen LogP contribution in [-0.4, -0.2) is 61.4 Å². The number of hydrogen-bond acceptors (Lipinski definition) is 3. The summed E-state index contributed by atoms with van der Waals surface area (Å²) in [5.74, 6) is 0.710. The molecule has 0 saturated carbocycles. The molecular weight excluding hydrogens is 410 g/mol. The minimum Gasteiger partial charge on any atom is -0.354 e. The average Bonchev–Trinajstić information content (AvgIpc) is 2.78. The largest absolute Gasteiger partial charge is 0.354 e. The third-order valence-electron chi connectivity index (χ3n) is 5.42. The van der Waals surface area contributed by atoms with E-state index in [1.807, 2.05) is 30.3 Å². The number of benzene rings is 2. The Labute approximate surface area is 190 Å². The molecule has 0 radical (unpaired) electrons. The number of guanidine groups is 1. The van der Waals surface area contributed by atoms with Crippen molar-refractivity contribution in [2.24, 2.45) is 4.99 Å². The van der Waals surface area contributed by atoms with Crippen molar-refractivity contribution in [3.05, 3.63) is 70.7 Å². The number of halogens is 1. The molecule has 1 aliphatic rings. The van der Waals surface area contributed by atoms with E-state index in [2.05, 4.69) is 39.8 Å². The summed E-state index contributed by atoms with van der Waals surface area (Å²) >= 11 is 5.99. The Bertz CT molecular complexity index is 846. The van der Waals surface area contributed by atoms with Gasteiger partial charge < -0.3 is 15.5 Å². The molecule has 0 spiro atoms. The van der Waals surface area contributed by atoms with E-state index in [9.17, 15) is 4.79 Å². The first-order chi connectivity index (χ1) is 15.0. The first-order valence-electron chi connectivity index (χ1n) is 10.8. The predicted molar refractivity (Wildman–Crippen MR) is 127 cm³/mol. The number of carbonyl (C=O) groups excluding carboxylic acids is 1. The second kappa shape index (κ2) is 11.7. The van der Waals surface area contributed by atoms with Crippen molar-refractivity contribution in [2.75, 3.05) is 33.7 Å². The molecule has 0 unspecified atom stereocenters. The van der Waals surface area contributed by atoms with Gasteiger partial charge in [0.2, 0.25) is 5.91 Å². The monoisotopic (exact) mass is 441 g/mol. The van der Waals surface area contributed by atoms with Crippen LogP contribution >= 0.6 is 11.6 Å². The van der Waals surface area contributed by atoms with Gasteiger partial charge in [0.15, 0.2) is 5.96 Å². The van der Waals surface area contributed by atoms with E-state index in [1.54, 1.807) is 19.0 Å². The normalized spacial score (nSPS) is 15.5. The topological polar surface area (TPSA) is 60.0 Å². The van der Waals surface area contributed by atoms with E-state index in [1.165, 1.54) is 5.56 Å². The Hall–Kier alpha value is -2.57. The highest BCUT2D eigenvalue weighted by atomic mass is 35.5. The summed E-state index contributed by atoms with van der Waals surface area (Å²) in [6.07, 6.45) is 2.06. The molecule has 2 aromatic carbocycles. The summed E-state index contributed by atoms with van der Waals surface area (Å²) in [4.78, 5) is 20.8. The first kappa shape index (κ1) is 23.1. The van der Waals surface area contributed by atoms with E-state index in [-0.39, 0.29) is 12.5 Å². The third kappa shape index (κ3) is 7.89. The Morgan fingerprint density at radius 2 is 1.74 bits per heavy atom. The maximum atomic E-state index is 12.0. The van der Waals surface area contributed by atoms with E-state index >= 15 is 0 Å². The second-order valence-corrected chi connectivity index (χ2v) is 8.55. The fraction of sp³-hybridized carbons (Fsp3) is 0.417. The molecule has 7 heteroatoms. The summed E-state index contributed by atoms with van der Waals surface area (Å²) in [6, 6.07) is 18.5. The maximum Gasteiger partial charge on any atom is 0.241 e. The number of likely N-dealkylation sites (tertiary alicyclic amines) is 1. The molecule has 3 rings (SSSR count). The van der Waals surface area contributed by atoms with Gasteiger partial charge in [-0.3, -0.25) is 9.69 Å². The summed E-state index contributed by atoms with van der Waals surface area (Å²) in [5, 5.41) is 7.51. The Kier molecular flexibility index (Phi) is 8.74. The van der Waals surface area contributed by atoms with Gasteiger partial charge in [0, 0.05) is 44.8 Å². The highest BCUT2D eigenvalue weighted by molar-refractivity contribution is 6.30. The molecule has 166 valence electrons. The average molecular weight is 442 g/mol. The standard InChI is InChI=1S/C24H32ClN5O/c1-29(2)23(31)17-27-24(26-16-19-6-4-3-5-7-19)28-22-12-14-30(15-13-22)18-20-8-10-21(25)11-9-20/h3-11,22H,12-18H2,1-2H3,(H2,26,27,28). The molecule has 2 aromatic rings. The molecule has 31 heavy (non-hydrogen) atoms. The SMILES string of the molecule is CN(C)C(=O)CNC(=NCc1ccccc1)NC1CCN(Cc2ccc(Cl)cc2)CC1. The van der Waals surface area contributed by atoms with Crippen molar-refractivity contribution in [1.82, 2.24) is 20.4 Å². The summed E-state index contributed by atoms with van der Waals surface area (Å²) in [7, 11) is 3.52. The van der Waals surface area contributed by atoms with Crippen molar-refractivity contribution in [1.29, 1.82) is 0 Å². The number of rotatable bonds is 7. The lowest BCUT2D eigenvalue weighted by molar-refractivity contribution is -0.127. The number of nitrogens with one attached hydrogen (secondary N) is 2. The molecule has 1 aliphatic heterocycles. The van der Waals surface area contributed by atoms with Gasteiger partial charge in [-0.25, -0.2) is 4.99 Å². The van der Waals surface area contributed by atoms with Crippen LogP contribution in [0.4, 0.5) is 0 Å². The Morgan fingerprint density at radius 1 is 1.06 bits per heavy atom. The van der Waals surface area contributed by atoms with Crippen LogP contribution in [0.3, 0.4) is 0 Å². The van der Waals surface area contributed by atoms with Crippen molar-refractivity contribution in [3.8, 4) is 0 Å². The minimum atomic E-state index is 0.0204. The minimum absolute atomic E-state index is 0.0204. The predicted octanol–water partition coefficient (Wildman–Crippen LogP) is 3.13. The van der Waals surface area contributed by atoms with Gasteiger partial charge in [-0.05, 0) is 36.1 Å². The van der Waals surface area contributed by atoms with Gasteiger partial charge in [0.25, 0.3) is 0 Å². The summed E-state index contributed by atoms with van der Waals surface area (Å²) < 4.78 is 0. The number of aliphatic imine (C=N–C) groups is 1. The summed E-state index contributed by atoms with van der Waals surface area (Å²) in [6.45, 7) is 3.77. The molecule has 0 aliphatic carbocycles. The fourth-order valence-corrected chi connectivity index (χ4v) is 3.63. The molecule has 1 amide bonds. The van der Waals surface area contributed by atoms with Crippen LogP contribution < -0.4 is 10.6 Å². The van der Waals surface area contributed by atoms with Crippen molar-refractivity contribution < 1.29 is 4.79 Å². The van der Waals surface area contributed by atoms with Crippen molar-refractivity contribution in [3.63, 3.8) is 0 Å². The molecule has 6 nitrogen and oxygen atoms in total. The Morgan fingerprint density at radius 3 is 2.39 bits per heavy atom. The van der Waals surface area contributed by atoms with Crippen LogP contribution in [-0.2, 0) is 17.9 Å². The lowest BCUT2D eigenvalue weighted by Crippen LogP contribution is -2.50. The third-order valence-corrected chi connectivity index (χ3v) is 5.67. The number of piperidine rings is 1. The van der Waals surface area contributed by atoms with E-state index < -0.39 is 0 Å². The lowest BCUT2D eigenvalue weighted by atomic mass is 10.0. The van der Waals surface area contributed by atoms with Gasteiger partial charge in [0.05, 0.1) is 13.1 Å². The molecule has 2 N–H and O–H groups in total. The van der Waals surface area contributed by atoms with E-state index in [0.717, 1.165) is 43.1 Å². The molecule has 0 bridgehead atoms. The van der Waals surface area contributed by atoms with Crippen LogP contribution in [0.15, 0.2) is 59.6 Å². The number of carbonyl (C=O) groups is 1. The van der Waals surface area contributed by atoms with E-state index in [4.69, 9.17) is 16.6 Å². The molecule has 1 saturated heterocycles. The van der Waals surface area contributed by atoms with Gasteiger partial charge in [-0.15, -0.1) is 0 Å². The number of likely N-dealkylation sites (N-methyl/N-ethyl adjacent to an activating group) is 1. The Balaban J connectivity index is 1.53. The smallest absolute Gasteiger partial charge is 0.241 e. The van der Waals surface area contributed by atoms with Crippen LogP contribution in [0.2, 0.25) is 5.02 Å². The van der Waals surface area contributed by atoms with Crippen molar-refractivity contribution in [2.45, 2.75) is 32.0 Å². The van der Waals surface area contributed by atoms with Crippen molar-refractivity contribution >= 4 is 23.5 Å². The molecular formula is C24H32ClN5O. The number of hydrogen-bond donors (Lipinski definition) is 2. The molecule has 0 aromatic heterocycles. The maximum absolute atomic E-state index is 12.0. The van der Waals surface area contributed by atoms with Crippen LogP contribution in [0, 0.1) is 0 Å². The fourth-order valence-electron chi connectivity index (χ4n) is 3.50. The van der Waals surface area contributed by atoms with Crippen LogP contribution in [0.1, 0.15) is 24.0 Å². The molecule has 0 atom stereocenters. The summed E-state index contributed by atoms with van der Waals surface area (Å²) in [5.41, 5.74) is 2.42. The molecule has 1 fully saturated rings. The lowest BCUT2D eigenvalue weighted by Gasteiger charge is -2.33. The number of nitrogens with zero attached hydrogens (tertiary/aromatic N) is 3. The quantitative estimate of drug-likeness (QED) is 0.512. The second-order valence-electron chi connectivity index (χ2n) is 8.11. The van der Waals surface area contributed by atoms with Gasteiger partial charge in [-0.1, -0.05) is 54.1 Å². The van der Waals surface area contributed by atoms with Crippen LogP contribution in [0.25, 0.3) is 0 Å². The zero-order valence-corrected chi connectivity index (χ0v) is 19.1. The van der Waals surface area contributed by atoms with E-state index in [0.29, 0.717) is 18.5 Å². The highest BCUT2D eigenvalue weighted by Crippen LogP contribution is 2.16. The number of amides is 1.